The van der Waals surface area contributed by atoms with Gasteiger partial charge in [0.15, 0.2) is 0 Å². The number of hydrogen-bond acceptors (Lipinski definition) is 3. The normalized spacial score (nSPS) is 12.9. The van der Waals surface area contributed by atoms with Gasteiger partial charge in [-0.05, 0) is 52.0 Å². The predicted molar refractivity (Wildman–Crippen MR) is 77.6 cm³/mol. The van der Waals surface area contributed by atoms with Crippen LogP contribution in [0.2, 0.25) is 0 Å². The lowest BCUT2D eigenvalue weighted by Crippen LogP contribution is -2.26. The van der Waals surface area contributed by atoms with Gasteiger partial charge in [0.2, 0.25) is 0 Å². The average Bonchev–Trinajstić information content (AvgIpc) is 2.36. The zero-order valence-electron chi connectivity index (χ0n) is 12.0. The fraction of sp³-hybridized carbons (Fsp3) is 0.667. The lowest BCUT2D eigenvalue weighted by molar-refractivity contribution is 0.310. The Labute approximate surface area is 112 Å². The van der Waals surface area contributed by atoms with Crippen LogP contribution in [0, 0.1) is 0 Å². The third-order valence-corrected chi connectivity index (χ3v) is 3.14. The smallest absolute Gasteiger partial charge is 0.0543 e. The predicted octanol–water partition coefficient (Wildman–Crippen LogP) is 2.68. The highest BCUT2D eigenvalue weighted by Gasteiger charge is 2.02. The minimum atomic E-state index is 0.649. The number of aromatic nitrogens is 1. The van der Waals surface area contributed by atoms with Crippen LogP contribution in [-0.2, 0) is 6.54 Å². The van der Waals surface area contributed by atoms with Gasteiger partial charge in [-0.2, -0.15) is 0 Å². The van der Waals surface area contributed by atoms with Gasteiger partial charge < -0.3 is 10.2 Å². The van der Waals surface area contributed by atoms with Gasteiger partial charge in [0.25, 0.3) is 0 Å². The zero-order chi connectivity index (χ0) is 13.2. The second-order valence-electron chi connectivity index (χ2n) is 5.01. The highest BCUT2D eigenvalue weighted by atomic mass is 15.1. The summed E-state index contributed by atoms with van der Waals surface area (Å²) in [6, 6.07) is 6.75. The molecule has 0 aliphatic carbocycles. The van der Waals surface area contributed by atoms with Gasteiger partial charge in [0.05, 0.1) is 5.69 Å². The van der Waals surface area contributed by atoms with Crippen LogP contribution in [-0.4, -0.2) is 36.1 Å². The Morgan fingerprint density at radius 1 is 1.33 bits per heavy atom. The lowest BCUT2D eigenvalue weighted by Gasteiger charge is -2.17. The summed E-state index contributed by atoms with van der Waals surface area (Å²) in [6.45, 7) is 7.60. The summed E-state index contributed by atoms with van der Waals surface area (Å²) < 4.78 is 0. The van der Waals surface area contributed by atoms with E-state index >= 15 is 0 Å². The Balaban J connectivity index is 2.09. The van der Waals surface area contributed by atoms with Gasteiger partial charge in [-0.3, -0.25) is 4.98 Å². The third kappa shape index (κ3) is 6.72. The summed E-state index contributed by atoms with van der Waals surface area (Å²) in [6.07, 6.45) is 5.69. The van der Waals surface area contributed by atoms with Gasteiger partial charge in [0.1, 0.15) is 0 Å². The average molecular weight is 249 g/mol. The van der Waals surface area contributed by atoms with E-state index in [0.29, 0.717) is 6.04 Å². The lowest BCUT2D eigenvalue weighted by atomic mass is 10.1. The summed E-state index contributed by atoms with van der Waals surface area (Å²) in [5.74, 6) is 0. The molecule has 18 heavy (non-hydrogen) atoms. The van der Waals surface area contributed by atoms with E-state index in [2.05, 4.69) is 42.2 Å². The van der Waals surface area contributed by atoms with Gasteiger partial charge in [0, 0.05) is 18.8 Å². The minimum Gasteiger partial charge on any atom is -0.315 e. The number of rotatable bonds is 9. The van der Waals surface area contributed by atoms with E-state index < -0.39 is 0 Å². The van der Waals surface area contributed by atoms with Crippen molar-refractivity contribution in [1.29, 1.82) is 0 Å². The first kappa shape index (κ1) is 15.1. The van der Waals surface area contributed by atoms with Crippen molar-refractivity contribution in [2.75, 3.05) is 20.1 Å². The second kappa shape index (κ2) is 9.06. The van der Waals surface area contributed by atoms with Crippen LogP contribution in [0.5, 0.6) is 0 Å². The molecule has 1 unspecified atom stereocenters. The van der Waals surface area contributed by atoms with Crippen molar-refractivity contribution in [2.45, 2.75) is 45.7 Å². The molecule has 0 saturated carbocycles. The first-order chi connectivity index (χ1) is 8.72. The van der Waals surface area contributed by atoms with Gasteiger partial charge in [-0.1, -0.05) is 19.4 Å². The molecule has 0 fully saturated rings. The fourth-order valence-corrected chi connectivity index (χ4v) is 2.13. The van der Waals surface area contributed by atoms with Gasteiger partial charge >= 0.3 is 0 Å². The van der Waals surface area contributed by atoms with Crippen molar-refractivity contribution in [3.8, 4) is 0 Å². The maximum atomic E-state index is 4.35. The molecule has 1 N–H and O–H groups in total. The van der Waals surface area contributed by atoms with E-state index in [1.807, 2.05) is 18.3 Å². The number of nitrogens with zero attached hydrogens (tertiary/aromatic N) is 2. The van der Waals surface area contributed by atoms with Crippen LogP contribution in [0.15, 0.2) is 24.4 Å². The Morgan fingerprint density at radius 3 is 2.83 bits per heavy atom. The maximum Gasteiger partial charge on any atom is 0.0543 e. The standard InChI is InChI=1S/C15H27N3/c1-4-16-14(2)9-6-8-12-18(3)13-15-10-5-7-11-17-15/h5,7,10-11,14,16H,4,6,8-9,12-13H2,1-3H3. The SMILES string of the molecule is CCNC(C)CCCCN(C)Cc1ccccn1. The molecule has 0 spiro atoms. The highest BCUT2D eigenvalue weighted by molar-refractivity contribution is 5.02. The topological polar surface area (TPSA) is 28.2 Å². The van der Waals surface area contributed by atoms with Crippen molar-refractivity contribution in [1.82, 2.24) is 15.2 Å². The first-order valence-electron chi connectivity index (χ1n) is 7.04. The maximum absolute atomic E-state index is 4.35. The van der Waals surface area contributed by atoms with Gasteiger partial charge in [-0.25, -0.2) is 0 Å². The van der Waals surface area contributed by atoms with E-state index in [-0.39, 0.29) is 0 Å². The number of unbranched alkanes of at least 4 members (excludes halogenated alkanes) is 1. The van der Waals surface area contributed by atoms with Crippen molar-refractivity contribution in [2.24, 2.45) is 0 Å². The fourth-order valence-electron chi connectivity index (χ4n) is 2.13. The summed E-state index contributed by atoms with van der Waals surface area (Å²) in [5, 5.41) is 3.45. The Hall–Kier alpha value is -0.930. The number of hydrogen-bond donors (Lipinski definition) is 1. The van der Waals surface area contributed by atoms with E-state index in [9.17, 15) is 0 Å². The second-order valence-corrected chi connectivity index (χ2v) is 5.01. The van der Waals surface area contributed by atoms with Crippen molar-refractivity contribution >= 4 is 0 Å². The molecule has 0 aliphatic rings. The molecule has 1 rings (SSSR count). The largest absolute Gasteiger partial charge is 0.315 e. The Morgan fingerprint density at radius 2 is 2.17 bits per heavy atom. The van der Waals surface area contributed by atoms with Crippen LogP contribution in [0.25, 0.3) is 0 Å². The molecule has 3 heteroatoms. The molecule has 0 radical (unpaired) electrons. The van der Waals surface area contributed by atoms with E-state index in [1.165, 1.54) is 19.3 Å². The summed E-state index contributed by atoms with van der Waals surface area (Å²) in [4.78, 5) is 6.70. The van der Waals surface area contributed by atoms with E-state index in [0.717, 1.165) is 25.3 Å². The molecule has 102 valence electrons. The van der Waals surface area contributed by atoms with E-state index in [4.69, 9.17) is 0 Å². The number of pyridine rings is 1. The quantitative estimate of drug-likeness (QED) is 0.682. The molecule has 1 aromatic rings. The molecule has 1 atom stereocenters. The number of nitrogens with one attached hydrogen (secondary N) is 1. The zero-order valence-corrected chi connectivity index (χ0v) is 12.0. The summed E-state index contributed by atoms with van der Waals surface area (Å²) in [5.41, 5.74) is 1.15. The van der Waals surface area contributed by atoms with E-state index in [1.54, 1.807) is 0 Å². The van der Waals surface area contributed by atoms with Crippen LogP contribution in [0.3, 0.4) is 0 Å². The Kier molecular flexibility index (Phi) is 7.62. The molecule has 1 heterocycles. The van der Waals surface area contributed by atoms with Crippen LogP contribution >= 0.6 is 0 Å². The van der Waals surface area contributed by atoms with Gasteiger partial charge in [-0.15, -0.1) is 0 Å². The third-order valence-electron chi connectivity index (χ3n) is 3.14. The summed E-state index contributed by atoms with van der Waals surface area (Å²) >= 11 is 0. The summed E-state index contributed by atoms with van der Waals surface area (Å²) in [7, 11) is 2.17. The molecule has 0 aromatic carbocycles. The van der Waals surface area contributed by atoms with Crippen LogP contribution in [0.1, 0.15) is 38.8 Å². The molecule has 0 bridgehead atoms. The van der Waals surface area contributed by atoms with Crippen molar-refractivity contribution in [3.63, 3.8) is 0 Å². The molecular formula is C15H27N3. The van der Waals surface area contributed by atoms with Crippen molar-refractivity contribution < 1.29 is 0 Å². The van der Waals surface area contributed by atoms with Crippen LogP contribution in [0.4, 0.5) is 0 Å². The molecule has 0 amide bonds. The van der Waals surface area contributed by atoms with Crippen molar-refractivity contribution in [3.05, 3.63) is 30.1 Å². The minimum absolute atomic E-state index is 0.649. The monoisotopic (exact) mass is 249 g/mol. The first-order valence-corrected chi connectivity index (χ1v) is 7.04. The molecular weight excluding hydrogens is 222 g/mol. The Bertz CT molecular complexity index is 300. The molecule has 1 aromatic heterocycles. The molecule has 0 saturated heterocycles. The molecule has 3 nitrogen and oxygen atoms in total. The highest BCUT2D eigenvalue weighted by Crippen LogP contribution is 2.04. The van der Waals surface area contributed by atoms with Crippen LogP contribution < -0.4 is 5.32 Å². The molecule has 0 aliphatic heterocycles.